The Morgan fingerprint density at radius 2 is 1.68 bits per heavy atom. The van der Waals surface area contributed by atoms with Gasteiger partial charge in [-0.3, -0.25) is 4.79 Å². The molecule has 6 heteroatoms. The molecular formula is C19H14ClN3O2. The van der Waals surface area contributed by atoms with Crippen molar-refractivity contribution in [3.63, 3.8) is 0 Å². The Kier molecular flexibility index (Phi) is 5.39. The van der Waals surface area contributed by atoms with E-state index in [1.54, 1.807) is 24.3 Å². The smallest absolute Gasteiger partial charge is 0.322 e. The molecule has 0 saturated heterocycles. The summed E-state index contributed by atoms with van der Waals surface area (Å²) < 4.78 is 5.49. The minimum absolute atomic E-state index is 0.204. The minimum Gasteiger partial charge on any atom is -0.424 e. The molecule has 0 spiro atoms. The second kappa shape index (κ2) is 8.08. The number of carbonyl (C=O) groups excluding carboxylic acids is 1. The summed E-state index contributed by atoms with van der Waals surface area (Å²) in [6, 6.07) is 16.7. The van der Waals surface area contributed by atoms with Crippen LogP contribution in [-0.4, -0.2) is 15.9 Å². The molecular weight excluding hydrogens is 338 g/mol. The first-order chi connectivity index (χ1) is 12.2. The number of halogens is 1. The maximum Gasteiger partial charge on any atom is 0.322 e. The zero-order valence-corrected chi connectivity index (χ0v) is 13.9. The number of hydrogen-bond acceptors (Lipinski definition) is 4. The quantitative estimate of drug-likeness (QED) is 0.684. The molecule has 3 aromatic rings. The number of aromatic nitrogens is 2. The lowest BCUT2D eigenvalue weighted by molar-refractivity contribution is -0.111. The number of rotatable bonds is 5. The molecule has 0 aliphatic heterocycles. The van der Waals surface area contributed by atoms with E-state index in [0.717, 1.165) is 5.56 Å². The summed E-state index contributed by atoms with van der Waals surface area (Å²) in [5.74, 6) is 0.335. The summed E-state index contributed by atoms with van der Waals surface area (Å²) in [5.41, 5.74) is 1.23. The van der Waals surface area contributed by atoms with Crippen molar-refractivity contribution in [1.82, 2.24) is 9.97 Å². The molecule has 0 bridgehead atoms. The van der Waals surface area contributed by atoms with Crippen LogP contribution in [0.25, 0.3) is 6.08 Å². The summed E-state index contributed by atoms with van der Waals surface area (Å²) in [6.45, 7) is 0. The van der Waals surface area contributed by atoms with Gasteiger partial charge in [-0.1, -0.05) is 48.0 Å². The molecule has 0 saturated carbocycles. The maximum absolute atomic E-state index is 11.9. The summed E-state index contributed by atoms with van der Waals surface area (Å²) >= 11 is 6.03. The fourth-order valence-electron chi connectivity index (χ4n) is 1.99. The molecule has 124 valence electrons. The fraction of sp³-hybridized carbons (Fsp3) is 0. The molecule has 1 N–H and O–H groups in total. The van der Waals surface area contributed by atoms with Crippen LogP contribution in [0.4, 0.5) is 5.69 Å². The van der Waals surface area contributed by atoms with E-state index in [1.807, 2.05) is 36.4 Å². The van der Waals surface area contributed by atoms with Crippen LogP contribution in [0, 0.1) is 0 Å². The van der Waals surface area contributed by atoms with Gasteiger partial charge in [0.15, 0.2) is 0 Å². The van der Waals surface area contributed by atoms with Crippen LogP contribution < -0.4 is 10.1 Å². The second-order valence-corrected chi connectivity index (χ2v) is 5.42. The van der Waals surface area contributed by atoms with Gasteiger partial charge in [-0.05, 0) is 29.8 Å². The van der Waals surface area contributed by atoms with E-state index in [1.165, 1.54) is 18.5 Å². The molecule has 25 heavy (non-hydrogen) atoms. The Labute approximate surface area is 150 Å². The molecule has 0 atom stereocenters. The Morgan fingerprint density at radius 3 is 2.40 bits per heavy atom. The lowest BCUT2D eigenvalue weighted by atomic mass is 10.2. The van der Waals surface area contributed by atoms with E-state index in [4.69, 9.17) is 16.3 Å². The van der Waals surface area contributed by atoms with E-state index in [9.17, 15) is 4.79 Å². The second-order valence-electron chi connectivity index (χ2n) is 5.01. The molecule has 1 aromatic heterocycles. The number of amides is 1. The number of anilines is 1. The van der Waals surface area contributed by atoms with E-state index in [-0.39, 0.29) is 11.9 Å². The Balaban J connectivity index is 1.59. The SMILES string of the molecule is O=C(/C=C/c1ccccc1Cl)Nc1cnc(Oc2ccccc2)nc1. The van der Waals surface area contributed by atoms with Crippen molar-refractivity contribution in [2.45, 2.75) is 0 Å². The van der Waals surface area contributed by atoms with Gasteiger partial charge in [-0.2, -0.15) is 0 Å². The Morgan fingerprint density at radius 1 is 1.00 bits per heavy atom. The zero-order valence-electron chi connectivity index (χ0n) is 13.1. The lowest BCUT2D eigenvalue weighted by Crippen LogP contribution is -2.08. The summed E-state index contributed by atoms with van der Waals surface area (Å²) in [7, 11) is 0. The van der Waals surface area contributed by atoms with Crippen LogP contribution in [0.1, 0.15) is 5.56 Å². The number of nitrogens with zero attached hydrogens (tertiary/aromatic N) is 2. The van der Waals surface area contributed by atoms with Gasteiger partial charge in [0, 0.05) is 11.1 Å². The van der Waals surface area contributed by atoms with Crippen molar-refractivity contribution in [1.29, 1.82) is 0 Å². The van der Waals surface area contributed by atoms with Gasteiger partial charge in [0.2, 0.25) is 5.91 Å². The van der Waals surface area contributed by atoms with Crippen LogP contribution in [-0.2, 0) is 4.79 Å². The number of ether oxygens (including phenoxy) is 1. The highest BCUT2D eigenvalue weighted by Gasteiger charge is 2.03. The first-order valence-corrected chi connectivity index (χ1v) is 7.87. The van der Waals surface area contributed by atoms with Crippen molar-refractivity contribution < 1.29 is 9.53 Å². The number of para-hydroxylation sites is 1. The van der Waals surface area contributed by atoms with Crippen molar-refractivity contribution in [3.8, 4) is 11.8 Å². The molecule has 2 aromatic carbocycles. The average Bonchev–Trinajstić information content (AvgIpc) is 2.64. The standard InChI is InChI=1S/C19H14ClN3O2/c20-17-9-5-4-6-14(17)10-11-18(24)23-15-12-21-19(22-13-15)25-16-7-2-1-3-8-16/h1-13H,(H,23,24)/b11-10+. The summed E-state index contributed by atoms with van der Waals surface area (Å²) in [4.78, 5) is 20.1. The molecule has 0 fully saturated rings. The van der Waals surface area contributed by atoms with Gasteiger partial charge in [0.25, 0.3) is 0 Å². The van der Waals surface area contributed by atoms with E-state index >= 15 is 0 Å². The summed E-state index contributed by atoms with van der Waals surface area (Å²) in [6.07, 6.45) is 6.00. The van der Waals surface area contributed by atoms with E-state index in [2.05, 4.69) is 15.3 Å². The fourth-order valence-corrected chi connectivity index (χ4v) is 2.19. The third-order valence-corrected chi connectivity index (χ3v) is 3.51. The van der Waals surface area contributed by atoms with Gasteiger partial charge in [-0.25, -0.2) is 9.97 Å². The predicted octanol–water partition coefficient (Wildman–Crippen LogP) is 4.57. The zero-order chi connectivity index (χ0) is 17.5. The third kappa shape index (κ3) is 4.89. The van der Waals surface area contributed by atoms with Crippen molar-refractivity contribution in [3.05, 3.63) is 83.7 Å². The van der Waals surface area contributed by atoms with Crippen molar-refractivity contribution in [2.75, 3.05) is 5.32 Å². The van der Waals surface area contributed by atoms with Crippen LogP contribution >= 0.6 is 11.6 Å². The molecule has 0 unspecified atom stereocenters. The molecule has 0 aliphatic carbocycles. The van der Waals surface area contributed by atoms with Gasteiger partial charge < -0.3 is 10.1 Å². The van der Waals surface area contributed by atoms with Crippen LogP contribution in [0.2, 0.25) is 5.02 Å². The summed E-state index contributed by atoms with van der Waals surface area (Å²) in [5, 5.41) is 3.25. The monoisotopic (exact) mass is 351 g/mol. The topological polar surface area (TPSA) is 64.1 Å². The normalized spacial score (nSPS) is 10.6. The van der Waals surface area contributed by atoms with Crippen molar-refractivity contribution >= 4 is 29.3 Å². The molecule has 0 aliphatic rings. The number of nitrogens with one attached hydrogen (secondary N) is 1. The molecule has 1 heterocycles. The van der Waals surface area contributed by atoms with E-state index < -0.39 is 0 Å². The van der Waals surface area contributed by atoms with Crippen molar-refractivity contribution in [2.24, 2.45) is 0 Å². The number of benzene rings is 2. The Bertz CT molecular complexity index is 881. The Hall–Kier alpha value is -3.18. The first-order valence-electron chi connectivity index (χ1n) is 7.49. The predicted molar refractivity (Wildman–Crippen MR) is 97.7 cm³/mol. The molecule has 1 amide bonds. The van der Waals surface area contributed by atoms with Gasteiger partial charge in [0.1, 0.15) is 5.75 Å². The number of carbonyl (C=O) groups is 1. The molecule has 0 radical (unpaired) electrons. The minimum atomic E-state index is -0.305. The number of hydrogen-bond donors (Lipinski definition) is 1. The van der Waals surface area contributed by atoms with Gasteiger partial charge >= 0.3 is 6.01 Å². The van der Waals surface area contributed by atoms with Gasteiger partial charge in [0.05, 0.1) is 18.1 Å². The van der Waals surface area contributed by atoms with Gasteiger partial charge in [-0.15, -0.1) is 0 Å². The highest BCUT2D eigenvalue weighted by atomic mass is 35.5. The average molecular weight is 352 g/mol. The highest BCUT2D eigenvalue weighted by Crippen LogP contribution is 2.18. The van der Waals surface area contributed by atoms with Crippen LogP contribution in [0.15, 0.2) is 73.1 Å². The van der Waals surface area contributed by atoms with Crippen LogP contribution in [0.3, 0.4) is 0 Å². The molecule has 3 rings (SSSR count). The van der Waals surface area contributed by atoms with Crippen LogP contribution in [0.5, 0.6) is 11.8 Å². The first kappa shape index (κ1) is 16.7. The highest BCUT2D eigenvalue weighted by molar-refractivity contribution is 6.32. The maximum atomic E-state index is 11.9. The third-order valence-electron chi connectivity index (χ3n) is 3.17. The lowest BCUT2D eigenvalue weighted by Gasteiger charge is -2.05. The largest absolute Gasteiger partial charge is 0.424 e. The van der Waals surface area contributed by atoms with E-state index in [0.29, 0.717) is 16.5 Å². The molecule has 5 nitrogen and oxygen atoms in total.